The van der Waals surface area contributed by atoms with Crippen LogP contribution in [0.25, 0.3) is 0 Å². The molecule has 0 aliphatic heterocycles. The second-order valence-electron chi connectivity index (χ2n) is 5.45. The van der Waals surface area contributed by atoms with Gasteiger partial charge in [-0.2, -0.15) is 0 Å². The van der Waals surface area contributed by atoms with Gasteiger partial charge >= 0.3 is 0 Å². The van der Waals surface area contributed by atoms with Gasteiger partial charge in [-0.15, -0.1) is 0 Å². The van der Waals surface area contributed by atoms with Gasteiger partial charge in [0.05, 0.1) is 5.69 Å². The molecule has 0 radical (unpaired) electrons. The number of hydrogen-bond acceptors (Lipinski definition) is 4. The average Bonchev–Trinajstić information content (AvgIpc) is 2.55. The van der Waals surface area contributed by atoms with Crippen molar-refractivity contribution in [3.63, 3.8) is 0 Å². The maximum Gasteiger partial charge on any atom is 0.279 e. The summed E-state index contributed by atoms with van der Waals surface area (Å²) >= 11 is 0. The van der Waals surface area contributed by atoms with Crippen LogP contribution in [0.3, 0.4) is 0 Å². The van der Waals surface area contributed by atoms with Crippen molar-refractivity contribution in [3.8, 4) is 0 Å². The van der Waals surface area contributed by atoms with E-state index in [4.69, 9.17) is 0 Å². The first-order valence-electron chi connectivity index (χ1n) is 7.54. The molecule has 0 aliphatic rings. The highest BCUT2D eigenvalue weighted by atomic mass is 16.3. The number of aromatic nitrogens is 2. The molecule has 122 valence electrons. The molecule has 6 nitrogen and oxygen atoms in total. The predicted octanol–water partition coefficient (Wildman–Crippen LogP) is 1.28. The predicted molar refractivity (Wildman–Crippen MR) is 87.6 cm³/mol. The lowest BCUT2D eigenvalue weighted by molar-refractivity contribution is 0.0942. The number of aromatic amines is 1. The van der Waals surface area contributed by atoms with Crippen LogP contribution in [-0.2, 0) is 0 Å². The number of aliphatic hydroxyl groups is 1. The second-order valence-corrected chi connectivity index (χ2v) is 5.45. The number of carbonyl (C=O) groups excluding carboxylic acids is 1. The number of nitrogens with zero attached hydrogens (tertiary/aromatic N) is 1. The zero-order valence-electron chi connectivity index (χ0n) is 13.3. The molecule has 0 saturated heterocycles. The van der Waals surface area contributed by atoms with Gasteiger partial charge in [0.2, 0.25) is 0 Å². The van der Waals surface area contributed by atoms with Gasteiger partial charge in [0.25, 0.3) is 11.5 Å². The third kappa shape index (κ3) is 4.26. The van der Waals surface area contributed by atoms with Crippen LogP contribution in [0.1, 0.15) is 39.8 Å². The molecule has 0 saturated carbocycles. The molecule has 1 aromatic carbocycles. The quantitative estimate of drug-likeness (QED) is 0.748. The Morgan fingerprint density at radius 2 is 2.00 bits per heavy atom. The molecule has 1 amide bonds. The van der Waals surface area contributed by atoms with E-state index in [0.29, 0.717) is 24.4 Å². The fourth-order valence-corrected chi connectivity index (χ4v) is 2.34. The number of hydrogen-bond donors (Lipinski definition) is 3. The minimum atomic E-state index is -0.506. The van der Waals surface area contributed by atoms with Crippen LogP contribution in [0.5, 0.6) is 0 Å². The van der Waals surface area contributed by atoms with E-state index < -0.39 is 11.5 Å². The molecule has 0 spiro atoms. The molecular weight excluding hydrogens is 294 g/mol. The Labute approximate surface area is 134 Å². The number of benzene rings is 1. The Kier molecular flexibility index (Phi) is 5.65. The molecule has 3 N–H and O–H groups in total. The van der Waals surface area contributed by atoms with Crippen LogP contribution < -0.4 is 10.9 Å². The summed E-state index contributed by atoms with van der Waals surface area (Å²) < 4.78 is 0. The van der Waals surface area contributed by atoms with Gasteiger partial charge in [0.1, 0.15) is 0 Å². The average molecular weight is 315 g/mol. The number of H-pyrrole nitrogens is 1. The number of aryl methyl sites for hydroxylation is 2. The first kappa shape index (κ1) is 16.9. The summed E-state index contributed by atoms with van der Waals surface area (Å²) in [5, 5.41) is 11.9. The van der Waals surface area contributed by atoms with Gasteiger partial charge < -0.3 is 15.4 Å². The molecule has 0 aliphatic carbocycles. The fraction of sp³-hybridized carbons (Fsp3) is 0.353. The lowest BCUT2D eigenvalue weighted by Gasteiger charge is -2.17. The summed E-state index contributed by atoms with van der Waals surface area (Å²) in [6.07, 6.45) is 0.529. The highest BCUT2D eigenvalue weighted by Gasteiger charge is 2.17. The Morgan fingerprint density at radius 1 is 1.30 bits per heavy atom. The summed E-state index contributed by atoms with van der Waals surface area (Å²) in [5.74, 6) is -0.524. The monoisotopic (exact) mass is 315 g/mol. The van der Waals surface area contributed by atoms with Crippen molar-refractivity contribution < 1.29 is 9.90 Å². The van der Waals surface area contributed by atoms with Gasteiger partial charge in [0, 0.05) is 24.8 Å². The van der Waals surface area contributed by atoms with Crippen molar-refractivity contribution >= 4 is 5.91 Å². The highest BCUT2D eigenvalue weighted by molar-refractivity contribution is 5.91. The van der Waals surface area contributed by atoms with Crippen LogP contribution in [0, 0.1) is 13.8 Å². The van der Waals surface area contributed by atoms with E-state index in [1.807, 2.05) is 30.3 Å². The molecule has 6 heteroatoms. The van der Waals surface area contributed by atoms with Gasteiger partial charge in [-0.25, -0.2) is 4.98 Å². The van der Waals surface area contributed by atoms with Gasteiger partial charge in [-0.3, -0.25) is 9.59 Å². The van der Waals surface area contributed by atoms with Gasteiger partial charge in [-0.1, -0.05) is 30.3 Å². The Morgan fingerprint density at radius 3 is 2.65 bits per heavy atom. The van der Waals surface area contributed by atoms with Crippen LogP contribution in [-0.4, -0.2) is 34.1 Å². The summed E-state index contributed by atoms with van der Waals surface area (Å²) in [4.78, 5) is 30.7. The lowest BCUT2D eigenvalue weighted by atomic mass is 9.96. The molecule has 1 atom stereocenters. The second kappa shape index (κ2) is 7.69. The Bertz CT molecular complexity index is 726. The van der Waals surface area contributed by atoms with E-state index in [1.165, 1.54) is 0 Å². The van der Waals surface area contributed by atoms with Crippen LogP contribution in [0.4, 0.5) is 0 Å². The van der Waals surface area contributed by atoms with E-state index in [-0.39, 0.29) is 18.2 Å². The number of amides is 1. The smallest absolute Gasteiger partial charge is 0.279 e. The number of carbonyl (C=O) groups is 1. The molecule has 0 bridgehead atoms. The largest absolute Gasteiger partial charge is 0.396 e. The lowest BCUT2D eigenvalue weighted by Crippen LogP contribution is -2.34. The van der Waals surface area contributed by atoms with Crippen molar-refractivity contribution in [2.45, 2.75) is 26.2 Å². The van der Waals surface area contributed by atoms with Gasteiger partial charge in [0.15, 0.2) is 5.69 Å². The first-order chi connectivity index (χ1) is 11.0. The Hall–Kier alpha value is -2.47. The summed E-state index contributed by atoms with van der Waals surface area (Å²) in [7, 11) is 0. The fourth-order valence-electron chi connectivity index (χ4n) is 2.34. The maximum absolute atomic E-state index is 12.2. The van der Waals surface area contributed by atoms with E-state index in [9.17, 15) is 14.7 Å². The third-order valence-corrected chi connectivity index (χ3v) is 3.81. The van der Waals surface area contributed by atoms with Crippen molar-refractivity contribution in [2.75, 3.05) is 13.2 Å². The maximum atomic E-state index is 12.2. The summed E-state index contributed by atoms with van der Waals surface area (Å²) in [5.41, 5.74) is 1.66. The highest BCUT2D eigenvalue weighted by Crippen LogP contribution is 2.18. The molecule has 2 aromatic rings. The molecule has 1 aromatic heterocycles. The molecular formula is C17H21N3O3. The van der Waals surface area contributed by atoms with Crippen LogP contribution in [0.15, 0.2) is 35.1 Å². The van der Waals surface area contributed by atoms with Crippen molar-refractivity contribution in [3.05, 3.63) is 63.3 Å². The van der Waals surface area contributed by atoms with E-state index in [2.05, 4.69) is 15.3 Å². The summed E-state index contributed by atoms with van der Waals surface area (Å²) in [6.45, 7) is 3.83. The minimum absolute atomic E-state index is 0.0178. The van der Waals surface area contributed by atoms with Crippen LogP contribution >= 0.6 is 0 Å². The van der Waals surface area contributed by atoms with E-state index >= 15 is 0 Å². The molecule has 1 heterocycles. The van der Waals surface area contributed by atoms with Crippen molar-refractivity contribution in [1.82, 2.24) is 15.3 Å². The zero-order chi connectivity index (χ0) is 16.8. The number of nitrogens with one attached hydrogen (secondary N) is 2. The zero-order valence-corrected chi connectivity index (χ0v) is 13.3. The molecule has 2 rings (SSSR count). The SMILES string of the molecule is Cc1nc(C(=O)NCC(CCO)c2ccccc2)c(=O)[nH]c1C. The normalized spacial score (nSPS) is 12.0. The summed E-state index contributed by atoms with van der Waals surface area (Å²) in [6, 6.07) is 9.64. The van der Waals surface area contributed by atoms with E-state index in [1.54, 1.807) is 13.8 Å². The standard InChI is InChI=1S/C17H21N3O3/c1-11-12(2)20-17(23)15(19-11)16(22)18-10-14(8-9-21)13-6-4-3-5-7-13/h3-7,14,21H,8-10H2,1-2H3,(H,18,22)(H,20,23). The molecule has 0 fully saturated rings. The molecule has 1 unspecified atom stereocenters. The van der Waals surface area contributed by atoms with Gasteiger partial charge in [-0.05, 0) is 25.8 Å². The van der Waals surface area contributed by atoms with Crippen molar-refractivity contribution in [1.29, 1.82) is 0 Å². The van der Waals surface area contributed by atoms with Crippen molar-refractivity contribution in [2.24, 2.45) is 0 Å². The first-order valence-corrected chi connectivity index (χ1v) is 7.54. The number of rotatable bonds is 6. The minimum Gasteiger partial charge on any atom is -0.396 e. The van der Waals surface area contributed by atoms with Crippen LogP contribution in [0.2, 0.25) is 0 Å². The Balaban J connectivity index is 2.10. The molecule has 23 heavy (non-hydrogen) atoms. The topological polar surface area (TPSA) is 95.1 Å². The third-order valence-electron chi connectivity index (χ3n) is 3.81. The number of aliphatic hydroxyl groups excluding tert-OH is 1. The van der Waals surface area contributed by atoms with E-state index in [0.717, 1.165) is 5.56 Å².